The lowest BCUT2D eigenvalue weighted by molar-refractivity contribution is -0.384. The highest BCUT2D eigenvalue weighted by Gasteiger charge is 2.33. The third-order valence-electron chi connectivity index (χ3n) is 3.63. The van der Waals surface area contributed by atoms with Crippen LogP contribution in [0.25, 0.3) is 0 Å². The molecule has 0 saturated carbocycles. The molecule has 21 heavy (non-hydrogen) atoms. The van der Waals surface area contributed by atoms with Gasteiger partial charge in [-0.3, -0.25) is 10.1 Å². The molecule has 1 fully saturated rings. The summed E-state index contributed by atoms with van der Waals surface area (Å²) in [6.07, 6.45) is 1.63. The van der Waals surface area contributed by atoms with Gasteiger partial charge in [0.15, 0.2) is 0 Å². The maximum atomic E-state index is 12.6. The maximum Gasteiger partial charge on any atom is 0.293 e. The van der Waals surface area contributed by atoms with E-state index in [4.69, 9.17) is 0 Å². The summed E-state index contributed by atoms with van der Waals surface area (Å²) >= 11 is 0. The van der Waals surface area contributed by atoms with Gasteiger partial charge in [-0.25, -0.2) is 8.42 Å². The number of sulfonamides is 1. The molecule has 0 aromatic heterocycles. The Labute approximate surface area is 124 Å². The van der Waals surface area contributed by atoms with Crippen molar-refractivity contribution in [3.05, 3.63) is 28.3 Å². The van der Waals surface area contributed by atoms with Crippen molar-refractivity contribution in [3.63, 3.8) is 0 Å². The molecule has 7 nitrogen and oxygen atoms in total. The van der Waals surface area contributed by atoms with Crippen LogP contribution in [0.5, 0.6) is 0 Å². The van der Waals surface area contributed by atoms with E-state index < -0.39 is 14.9 Å². The molecule has 1 heterocycles. The van der Waals surface area contributed by atoms with Gasteiger partial charge in [-0.1, -0.05) is 0 Å². The molecule has 1 aliphatic rings. The van der Waals surface area contributed by atoms with Crippen molar-refractivity contribution in [2.45, 2.75) is 37.6 Å². The van der Waals surface area contributed by atoms with Gasteiger partial charge in [0.05, 0.1) is 9.82 Å². The summed E-state index contributed by atoms with van der Waals surface area (Å²) in [5, 5.41) is 14.0. The van der Waals surface area contributed by atoms with Gasteiger partial charge >= 0.3 is 0 Å². The number of nitro benzene ring substituents is 1. The van der Waals surface area contributed by atoms with E-state index in [1.54, 1.807) is 0 Å². The van der Waals surface area contributed by atoms with Crippen molar-refractivity contribution in [1.29, 1.82) is 0 Å². The van der Waals surface area contributed by atoms with Crippen molar-refractivity contribution in [3.8, 4) is 0 Å². The van der Waals surface area contributed by atoms with Gasteiger partial charge in [-0.05, 0) is 38.8 Å². The zero-order chi connectivity index (χ0) is 15.6. The second kappa shape index (κ2) is 5.98. The number of nitro groups is 1. The second-order valence-corrected chi connectivity index (χ2v) is 6.96. The van der Waals surface area contributed by atoms with Gasteiger partial charge in [0.25, 0.3) is 5.69 Å². The molecule has 8 heteroatoms. The van der Waals surface area contributed by atoms with Crippen LogP contribution in [0.15, 0.2) is 23.1 Å². The third-order valence-corrected chi connectivity index (χ3v) is 5.64. The summed E-state index contributed by atoms with van der Waals surface area (Å²) in [4.78, 5) is 10.5. The minimum atomic E-state index is -3.67. The predicted octanol–water partition coefficient (Wildman–Crippen LogP) is 2.20. The van der Waals surface area contributed by atoms with Crippen LogP contribution in [0.4, 0.5) is 11.4 Å². The van der Waals surface area contributed by atoms with Gasteiger partial charge in [-0.15, -0.1) is 0 Å². The van der Waals surface area contributed by atoms with Crippen LogP contribution in [0.2, 0.25) is 0 Å². The first-order valence-electron chi connectivity index (χ1n) is 6.92. The Morgan fingerprint density at radius 1 is 1.48 bits per heavy atom. The molecule has 1 unspecified atom stereocenters. The van der Waals surface area contributed by atoms with Crippen molar-refractivity contribution < 1.29 is 13.3 Å². The molecule has 1 aromatic carbocycles. The largest absolute Gasteiger partial charge is 0.380 e. The highest BCUT2D eigenvalue weighted by molar-refractivity contribution is 7.89. The minimum absolute atomic E-state index is 0.0235. The van der Waals surface area contributed by atoms with Gasteiger partial charge in [-0.2, -0.15) is 4.31 Å². The topological polar surface area (TPSA) is 92.6 Å². The van der Waals surface area contributed by atoms with E-state index in [9.17, 15) is 18.5 Å². The number of rotatable bonds is 5. The van der Waals surface area contributed by atoms with Crippen LogP contribution in [-0.4, -0.2) is 36.8 Å². The smallest absolute Gasteiger partial charge is 0.293 e. The molecule has 1 aromatic rings. The van der Waals surface area contributed by atoms with E-state index in [0.717, 1.165) is 18.9 Å². The molecular weight excluding hydrogens is 294 g/mol. The lowest BCUT2D eigenvalue weighted by Gasteiger charge is -2.21. The molecule has 1 aliphatic heterocycles. The fraction of sp³-hybridized carbons (Fsp3) is 0.538. The highest BCUT2D eigenvalue weighted by Crippen LogP contribution is 2.31. The Morgan fingerprint density at radius 3 is 2.71 bits per heavy atom. The third kappa shape index (κ3) is 3.01. The molecule has 0 aliphatic carbocycles. The molecule has 1 N–H and O–H groups in total. The summed E-state index contributed by atoms with van der Waals surface area (Å²) in [7, 11) is -3.67. The van der Waals surface area contributed by atoms with Crippen LogP contribution >= 0.6 is 0 Å². The lowest BCUT2D eigenvalue weighted by Crippen LogP contribution is -2.33. The van der Waals surface area contributed by atoms with Crippen LogP contribution in [0, 0.1) is 10.1 Å². The summed E-state index contributed by atoms with van der Waals surface area (Å²) in [6, 6.07) is 3.95. The quantitative estimate of drug-likeness (QED) is 0.664. The first kappa shape index (κ1) is 15.7. The Bertz CT molecular complexity index is 645. The molecule has 0 amide bonds. The number of hydrogen-bond acceptors (Lipinski definition) is 5. The summed E-state index contributed by atoms with van der Waals surface area (Å²) in [5.41, 5.74) is 0.112. The Kier molecular flexibility index (Phi) is 4.48. The van der Waals surface area contributed by atoms with E-state index in [1.807, 2.05) is 13.8 Å². The SMILES string of the molecule is CCNc1ccc(S(=O)(=O)N2CCCC2C)cc1[N+](=O)[O-]. The number of hydrogen-bond donors (Lipinski definition) is 1. The molecule has 1 saturated heterocycles. The van der Waals surface area contributed by atoms with Crippen molar-refractivity contribution in [2.75, 3.05) is 18.4 Å². The number of nitrogens with zero attached hydrogens (tertiary/aromatic N) is 2. The fourth-order valence-corrected chi connectivity index (χ4v) is 4.28. The average Bonchev–Trinajstić information content (AvgIpc) is 2.86. The van der Waals surface area contributed by atoms with Gasteiger partial charge in [0.2, 0.25) is 10.0 Å². The Balaban J connectivity index is 2.44. The zero-order valence-corrected chi connectivity index (χ0v) is 12.9. The molecular formula is C13H19N3O4S. The van der Waals surface area contributed by atoms with Gasteiger partial charge < -0.3 is 5.32 Å². The van der Waals surface area contributed by atoms with E-state index >= 15 is 0 Å². The fourth-order valence-electron chi connectivity index (χ4n) is 2.56. The maximum absolute atomic E-state index is 12.6. The van der Waals surface area contributed by atoms with Crippen LogP contribution in [-0.2, 0) is 10.0 Å². The minimum Gasteiger partial charge on any atom is -0.380 e. The summed E-state index contributed by atoms with van der Waals surface area (Å²) in [5.74, 6) is 0. The normalized spacial score (nSPS) is 19.6. The van der Waals surface area contributed by atoms with E-state index in [-0.39, 0.29) is 16.6 Å². The molecule has 116 valence electrons. The van der Waals surface area contributed by atoms with Crippen LogP contribution in [0.1, 0.15) is 26.7 Å². The number of anilines is 1. The molecule has 0 spiro atoms. The van der Waals surface area contributed by atoms with Crippen LogP contribution < -0.4 is 5.32 Å². The van der Waals surface area contributed by atoms with Gasteiger partial charge in [0.1, 0.15) is 5.69 Å². The molecule has 0 bridgehead atoms. The van der Waals surface area contributed by atoms with E-state index in [2.05, 4.69) is 5.32 Å². The highest BCUT2D eigenvalue weighted by atomic mass is 32.2. The van der Waals surface area contributed by atoms with Gasteiger partial charge in [0, 0.05) is 25.2 Å². The van der Waals surface area contributed by atoms with Crippen LogP contribution in [0.3, 0.4) is 0 Å². The van der Waals surface area contributed by atoms with Crippen molar-refractivity contribution in [1.82, 2.24) is 4.31 Å². The number of nitrogens with one attached hydrogen (secondary N) is 1. The molecule has 1 atom stereocenters. The van der Waals surface area contributed by atoms with Crippen molar-refractivity contribution >= 4 is 21.4 Å². The Morgan fingerprint density at radius 2 is 2.19 bits per heavy atom. The summed E-state index contributed by atoms with van der Waals surface area (Å²) < 4.78 is 26.6. The van der Waals surface area contributed by atoms with E-state index in [1.165, 1.54) is 16.4 Å². The summed E-state index contributed by atoms with van der Waals surface area (Å²) in [6.45, 7) is 4.66. The zero-order valence-electron chi connectivity index (χ0n) is 12.1. The Hall–Kier alpha value is -1.67. The monoisotopic (exact) mass is 313 g/mol. The number of benzene rings is 1. The lowest BCUT2D eigenvalue weighted by atomic mass is 10.2. The molecule has 0 radical (unpaired) electrons. The van der Waals surface area contributed by atoms with Crippen molar-refractivity contribution in [2.24, 2.45) is 0 Å². The average molecular weight is 313 g/mol. The van der Waals surface area contributed by atoms with E-state index in [0.29, 0.717) is 18.8 Å². The first-order chi connectivity index (χ1) is 9.87. The standard InChI is InChI=1S/C13H19N3O4S/c1-3-14-12-7-6-11(9-13(12)16(17)18)21(19,20)15-8-4-5-10(15)2/h6-7,9-10,14H,3-5,8H2,1-2H3. The first-order valence-corrected chi connectivity index (χ1v) is 8.36. The predicted molar refractivity (Wildman–Crippen MR) is 79.8 cm³/mol. The molecule has 2 rings (SSSR count). The second-order valence-electron chi connectivity index (χ2n) is 5.07.